The molecule has 2 aliphatic rings. The van der Waals surface area contributed by atoms with Gasteiger partial charge in [0, 0.05) is 32.7 Å². The van der Waals surface area contributed by atoms with Gasteiger partial charge in [0.2, 0.25) is 0 Å². The van der Waals surface area contributed by atoms with Gasteiger partial charge in [-0.15, -0.1) is 24.0 Å². The highest BCUT2D eigenvalue weighted by atomic mass is 127. The molecule has 2 aliphatic heterocycles. The van der Waals surface area contributed by atoms with Crippen molar-refractivity contribution >= 4 is 35.9 Å². The molecule has 2 atom stereocenters. The Morgan fingerprint density at radius 1 is 1.16 bits per heavy atom. The van der Waals surface area contributed by atoms with E-state index in [1.54, 1.807) is 7.11 Å². The summed E-state index contributed by atoms with van der Waals surface area (Å²) in [5.41, 5.74) is 1.33. The smallest absolute Gasteiger partial charge is 0.310 e. The topological polar surface area (TPSA) is 66.4 Å². The Hall–Kier alpha value is -1.55. The fourth-order valence-electron chi connectivity index (χ4n) is 4.56. The number of hydrogen-bond donors (Lipinski definition) is 1. The zero-order valence-corrected chi connectivity index (χ0v) is 22.2. The number of guanidine groups is 1. The average Bonchev–Trinajstić information content (AvgIpc) is 3.19. The number of esters is 1. The van der Waals surface area contributed by atoms with E-state index in [1.807, 2.05) is 12.1 Å². The van der Waals surface area contributed by atoms with E-state index >= 15 is 0 Å². The van der Waals surface area contributed by atoms with E-state index in [0.717, 1.165) is 51.0 Å². The summed E-state index contributed by atoms with van der Waals surface area (Å²) in [6.07, 6.45) is 2.33. The SMILES string of the molecule is CCNC(=NCC1CCN(Cc2ccc(OC)cc2)CC1)N1CC(C)C(C(=O)OC)C1.I. The molecule has 0 aromatic heterocycles. The van der Waals surface area contributed by atoms with Gasteiger partial charge >= 0.3 is 5.97 Å². The first-order chi connectivity index (χ1) is 15.0. The first kappa shape index (κ1) is 26.7. The number of rotatable bonds is 7. The normalized spacial score (nSPS) is 22.4. The Morgan fingerprint density at radius 2 is 1.84 bits per heavy atom. The molecule has 0 radical (unpaired) electrons. The van der Waals surface area contributed by atoms with Gasteiger partial charge < -0.3 is 19.7 Å². The van der Waals surface area contributed by atoms with Gasteiger partial charge in [0.1, 0.15) is 5.75 Å². The fourth-order valence-corrected chi connectivity index (χ4v) is 4.56. The van der Waals surface area contributed by atoms with Crippen LogP contribution in [0.15, 0.2) is 29.3 Å². The highest BCUT2D eigenvalue weighted by molar-refractivity contribution is 14.0. The fraction of sp³-hybridized carbons (Fsp3) is 0.667. The van der Waals surface area contributed by atoms with Crippen molar-refractivity contribution in [2.75, 3.05) is 53.5 Å². The van der Waals surface area contributed by atoms with Crippen LogP contribution in [0.25, 0.3) is 0 Å². The second kappa shape index (κ2) is 13.2. The van der Waals surface area contributed by atoms with Gasteiger partial charge in [0.05, 0.1) is 20.1 Å². The van der Waals surface area contributed by atoms with Crippen LogP contribution in [0.2, 0.25) is 0 Å². The van der Waals surface area contributed by atoms with E-state index in [-0.39, 0.29) is 41.8 Å². The average molecular weight is 559 g/mol. The van der Waals surface area contributed by atoms with Crippen LogP contribution in [-0.4, -0.2) is 75.2 Å². The molecule has 1 aromatic carbocycles. The maximum Gasteiger partial charge on any atom is 0.310 e. The van der Waals surface area contributed by atoms with Gasteiger partial charge in [0.15, 0.2) is 5.96 Å². The van der Waals surface area contributed by atoms with Crippen molar-refractivity contribution in [2.45, 2.75) is 33.2 Å². The monoisotopic (exact) mass is 558 g/mol. The summed E-state index contributed by atoms with van der Waals surface area (Å²) in [5.74, 6) is 2.53. The van der Waals surface area contributed by atoms with Crippen molar-refractivity contribution in [3.63, 3.8) is 0 Å². The molecule has 2 fully saturated rings. The molecule has 8 heteroatoms. The number of nitrogens with one attached hydrogen (secondary N) is 1. The van der Waals surface area contributed by atoms with Gasteiger partial charge in [-0.2, -0.15) is 0 Å². The zero-order chi connectivity index (χ0) is 22.2. The van der Waals surface area contributed by atoms with Gasteiger partial charge in [0.25, 0.3) is 0 Å². The summed E-state index contributed by atoms with van der Waals surface area (Å²) >= 11 is 0. The zero-order valence-electron chi connectivity index (χ0n) is 19.9. The predicted molar refractivity (Wildman–Crippen MR) is 139 cm³/mol. The lowest BCUT2D eigenvalue weighted by Gasteiger charge is -2.31. The third kappa shape index (κ3) is 7.23. The van der Waals surface area contributed by atoms with E-state index in [0.29, 0.717) is 12.5 Å². The first-order valence-electron chi connectivity index (χ1n) is 11.5. The lowest BCUT2D eigenvalue weighted by molar-refractivity contribution is -0.145. The molecule has 0 bridgehead atoms. The van der Waals surface area contributed by atoms with Gasteiger partial charge in [-0.3, -0.25) is 14.7 Å². The number of carbonyl (C=O) groups is 1. The molecule has 0 aliphatic carbocycles. The van der Waals surface area contributed by atoms with Gasteiger partial charge in [-0.25, -0.2) is 0 Å². The quantitative estimate of drug-likeness (QED) is 0.240. The number of methoxy groups -OCH3 is 2. The predicted octanol–water partition coefficient (Wildman–Crippen LogP) is 3.23. The highest BCUT2D eigenvalue weighted by Crippen LogP contribution is 2.25. The van der Waals surface area contributed by atoms with Crippen molar-refractivity contribution in [3.8, 4) is 5.75 Å². The summed E-state index contributed by atoms with van der Waals surface area (Å²) in [7, 11) is 3.17. The van der Waals surface area contributed by atoms with Crippen molar-refractivity contribution in [1.82, 2.24) is 15.1 Å². The standard InChI is InChI=1S/C24H38N4O3.HI/c1-5-25-24(28-15-18(2)22(17-28)23(29)31-4)26-14-19-10-12-27(13-11-19)16-20-6-8-21(30-3)9-7-20;/h6-9,18-19,22H,5,10-17H2,1-4H3,(H,25,26);1H. The second-order valence-corrected chi connectivity index (χ2v) is 8.77. The third-order valence-corrected chi connectivity index (χ3v) is 6.52. The minimum Gasteiger partial charge on any atom is -0.497 e. The molecule has 1 N–H and O–H groups in total. The summed E-state index contributed by atoms with van der Waals surface area (Å²) in [6, 6.07) is 8.36. The lowest BCUT2D eigenvalue weighted by Crippen LogP contribution is -2.41. The minimum absolute atomic E-state index is 0. The van der Waals surface area contributed by atoms with Crippen molar-refractivity contribution < 1.29 is 14.3 Å². The number of ether oxygens (including phenoxy) is 2. The lowest BCUT2D eigenvalue weighted by atomic mass is 9.96. The number of hydrogen-bond acceptors (Lipinski definition) is 5. The van der Waals surface area contributed by atoms with Crippen LogP contribution in [-0.2, 0) is 16.1 Å². The Balaban J connectivity index is 0.00000363. The number of carbonyl (C=O) groups excluding carboxylic acids is 1. The number of likely N-dealkylation sites (tertiary alicyclic amines) is 2. The maximum absolute atomic E-state index is 12.0. The van der Waals surface area contributed by atoms with E-state index < -0.39 is 0 Å². The molecular weight excluding hydrogens is 519 g/mol. The Kier molecular flexibility index (Phi) is 11.0. The van der Waals surface area contributed by atoms with Gasteiger partial charge in [-0.1, -0.05) is 19.1 Å². The molecule has 2 heterocycles. The first-order valence-corrected chi connectivity index (χ1v) is 11.5. The van der Waals surface area contributed by atoms with E-state index in [4.69, 9.17) is 14.5 Å². The molecule has 0 amide bonds. The maximum atomic E-state index is 12.0. The Morgan fingerprint density at radius 3 is 2.44 bits per heavy atom. The molecule has 2 unspecified atom stereocenters. The number of nitrogens with zero attached hydrogens (tertiary/aromatic N) is 3. The minimum atomic E-state index is -0.116. The Bertz CT molecular complexity index is 735. The summed E-state index contributed by atoms with van der Waals surface area (Å²) < 4.78 is 10.2. The molecule has 180 valence electrons. The molecule has 7 nitrogen and oxygen atoms in total. The number of aliphatic imine (C=N–C) groups is 1. The van der Waals surface area contributed by atoms with E-state index in [2.05, 4.69) is 41.1 Å². The van der Waals surface area contributed by atoms with Crippen LogP contribution in [0.1, 0.15) is 32.3 Å². The second-order valence-electron chi connectivity index (χ2n) is 8.77. The van der Waals surface area contributed by atoms with Crippen LogP contribution < -0.4 is 10.1 Å². The molecule has 2 saturated heterocycles. The molecule has 32 heavy (non-hydrogen) atoms. The number of benzene rings is 1. The van der Waals surface area contributed by atoms with E-state index in [9.17, 15) is 4.79 Å². The highest BCUT2D eigenvalue weighted by Gasteiger charge is 2.37. The Labute approximate surface area is 209 Å². The van der Waals surface area contributed by atoms with Crippen LogP contribution in [0.4, 0.5) is 0 Å². The number of halogens is 1. The molecule has 0 saturated carbocycles. The summed E-state index contributed by atoms with van der Waals surface area (Å²) in [5, 5.41) is 3.42. The van der Waals surface area contributed by atoms with Crippen LogP contribution >= 0.6 is 24.0 Å². The molecule has 1 aromatic rings. The van der Waals surface area contributed by atoms with Crippen molar-refractivity contribution in [3.05, 3.63) is 29.8 Å². The number of piperidine rings is 1. The van der Waals surface area contributed by atoms with Crippen LogP contribution in [0, 0.1) is 17.8 Å². The van der Waals surface area contributed by atoms with Crippen molar-refractivity contribution in [1.29, 1.82) is 0 Å². The van der Waals surface area contributed by atoms with Crippen molar-refractivity contribution in [2.24, 2.45) is 22.7 Å². The molecule has 3 rings (SSSR count). The largest absolute Gasteiger partial charge is 0.497 e. The van der Waals surface area contributed by atoms with E-state index in [1.165, 1.54) is 25.5 Å². The van der Waals surface area contributed by atoms with Crippen LogP contribution in [0.3, 0.4) is 0 Å². The molecule has 0 spiro atoms. The molecular formula is C24H39IN4O3. The van der Waals surface area contributed by atoms with Crippen LogP contribution in [0.5, 0.6) is 5.75 Å². The summed E-state index contributed by atoms with van der Waals surface area (Å²) in [6.45, 7) is 10.6. The third-order valence-electron chi connectivity index (χ3n) is 6.52. The summed E-state index contributed by atoms with van der Waals surface area (Å²) in [4.78, 5) is 21.7. The van der Waals surface area contributed by atoms with Gasteiger partial charge in [-0.05, 0) is 62.4 Å².